The van der Waals surface area contributed by atoms with Gasteiger partial charge in [0.05, 0.1) is 19.6 Å². The molecule has 0 radical (unpaired) electrons. The van der Waals surface area contributed by atoms with Crippen molar-refractivity contribution in [2.24, 2.45) is 0 Å². The van der Waals surface area contributed by atoms with E-state index in [9.17, 15) is 0 Å². The van der Waals surface area contributed by atoms with Gasteiger partial charge in [-0.1, -0.05) is 29.3 Å². The molecule has 0 saturated heterocycles. The van der Waals surface area contributed by atoms with Gasteiger partial charge in [0.25, 0.3) is 0 Å². The van der Waals surface area contributed by atoms with Gasteiger partial charge in [0.2, 0.25) is 11.4 Å². The highest BCUT2D eigenvalue weighted by Gasteiger charge is 2.24. The van der Waals surface area contributed by atoms with Crippen molar-refractivity contribution in [3.8, 4) is 28.4 Å². The lowest BCUT2D eigenvalue weighted by atomic mass is 10.00. The van der Waals surface area contributed by atoms with E-state index in [0.717, 1.165) is 44.2 Å². The Morgan fingerprint density at radius 2 is 1.37 bits per heavy atom. The van der Waals surface area contributed by atoms with Crippen molar-refractivity contribution in [1.82, 2.24) is 0 Å². The second kappa shape index (κ2) is 8.95. The number of halogens is 2. The van der Waals surface area contributed by atoms with Gasteiger partial charge in [0.15, 0.2) is 17.2 Å². The van der Waals surface area contributed by atoms with Crippen LogP contribution in [0, 0.1) is 13.8 Å². The third-order valence-electron chi connectivity index (χ3n) is 5.16. The molecule has 0 atom stereocenters. The molecule has 0 aliphatic carbocycles. The van der Waals surface area contributed by atoms with Crippen molar-refractivity contribution in [3.63, 3.8) is 0 Å². The molecule has 0 unspecified atom stereocenters. The summed E-state index contributed by atoms with van der Waals surface area (Å²) in [6.45, 7) is 4.21. The monoisotopic (exact) mass is 439 g/mol. The van der Waals surface area contributed by atoms with Gasteiger partial charge in [-0.3, -0.25) is 0 Å². The van der Waals surface area contributed by atoms with Gasteiger partial charge in [-0.05, 0) is 48.7 Å². The fourth-order valence-electron chi connectivity index (χ4n) is 3.72. The van der Waals surface area contributed by atoms with Crippen molar-refractivity contribution >= 4 is 22.4 Å². The first kappa shape index (κ1) is 21.9. The Balaban J connectivity index is 0.00000256. The molecule has 154 valence electrons. The molecular weight excluding hydrogens is 417 g/mol. The maximum absolute atomic E-state index is 6.14. The number of rotatable bonds is 4. The molecule has 30 heavy (non-hydrogen) atoms. The molecule has 0 saturated carbocycles. The van der Waals surface area contributed by atoms with Gasteiger partial charge in [0, 0.05) is 35.7 Å². The summed E-state index contributed by atoms with van der Waals surface area (Å²) in [5, 5.41) is 2.91. The summed E-state index contributed by atoms with van der Waals surface area (Å²) in [4.78, 5) is 0. The second-order valence-corrected chi connectivity index (χ2v) is 7.54. The highest BCUT2D eigenvalue weighted by molar-refractivity contribution is 6.30. The Kier molecular flexibility index (Phi) is 6.55. The lowest BCUT2D eigenvalue weighted by molar-refractivity contribution is -0.589. The van der Waals surface area contributed by atoms with E-state index in [1.807, 2.05) is 30.3 Å². The van der Waals surface area contributed by atoms with Crippen LogP contribution in [0.2, 0.25) is 5.02 Å². The van der Waals surface area contributed by atoms with Crippen molar-refractivity contribution < 1.29 is 26.4 Å². The number of benzene rings is 3. The molecule has 0 bridgehead atoms. The number of hydrogen-bond donors (Lipinski definition) is 0. The molecule has 0 N–H and O–H groups in total. The van der Waals surface area contributed by atoms with Crippen LogP contribution >= 0.6 is 11.6 Å². The van der Waals surface area contributed by atoms with E-state index in [4.69, 9.17) is 21.1 Å². The molecule has 3 aromatic carbocycles. The van der Waals surface area contributed by atoms with Gasteiger partial charge in [-0.25, -0.2) is 0 Å². The summed E-state index contributed by atoms with van der Waals surface area (Å²) in [5.41, 5.74) is 5.62. The number of nitrogens with zero attached hydrogens (tertiary/aromatic N) is 1. The van der Waals surface area contributed by atoms with Gasteiger partial charge in [-0.15, -0.1) is 0 Å². The number of aromatic nitrogens is 1. The highest BCUT2D eigenvalue weighted by atomic mass is 35.5. The minimum atomic E-state index is 0. The van der Waals surface area contributed by atoms with Crippen LogP contribution in [0.25, 0.3) is 27.7 Å². The summed E-state index contributed by atoms with van der Waals surface area (Å²) >= 11 is 6.14. The Morgan fingerprint density at radius 1 is 0.767 bits per heavy atom. The number of fused-ring (bicyclic) bond motifs is 1. The SMILES string of the molecule is COc1cc2cc(C)[n+](-c3ccc(Cl)cc3)c(-c3ccc(C)cc3)c2cc1OC.[Cl-]. The normalized spacial score (nSPS) is 10.6. The first-order chi connectivity index (χ1) is 14.0. The number of pyridine rings is 1. The average molecular weight is 440 g/mol. The first-order valence-corrected chi connectivity index (χ1v) is 9.84. The molecule has 5 heteroatoms. The lowest BCUT2D eigenvalue weighted by Crippen LogP contribution is -3.00. The minimum Gasteiger partial charge on any atom is -1.00 e. The van der Waals surface area contributed by atoms with E-state index < -0.39 is 0 Å². The van der Waals surface area contributed by atoms with Crippen molar-refractivity contribution in [1.29, 1.82) is 0 Å². The zero-order valence-electron chi connectivity index (χ0n) is 17.4. The molecule has 0 aliphatic rings. The number of methoxy groups -OCH3 is 2. The van der Waals surface area contributed by atoms with E-state index >= 15 is 0 Å². The average Bonchev–Trinajstić information content (AvgIpc) is 2.73. The number of aryl methyl sites for hydroxylation is 2. The van der Waals surface area contributed by atoms with Crippen LogP contribution in [0.5, 0.6) is 11.5 Å². The van der Waals surface area contributed by atoms with Crippen molar-refractivity contribution in [2.75, 3.05) is 14.2 Å². The van der Waals surface area contributed by atoms with E-state index in [1.54, 1.807) is 14.2 Å². The summed E-state index contributed by atoms with van der Waals surface area (Å²) in [6, 6.07) is 22.8. The zero-order valence-corrected chi connectivity index (χ0v) is 18.9. The minimum absolute atomic E-state index is 0. The van der Waals surface area contributed by atoms with E-state index in [-0.39, 0.29) is 12.4 Å². The van der Waals surface area contributed by atoms with Crippen LogP contribution in [0.4, 0.5) is 0 Å². The van der Waals surface area contributed by atoms with Crippen LogP contribution in [0.1, 0.15) is 11.3 Å². The van der Waals surface area contributed by atoms with E-state index in [1.165, 1.54) is 5.56 Å². The summed E-state index contributed by atoms with van der Waals surface area (Å²) in [6.07, 6.45) is 0. The lowest BCUT2D eigenvalue weighted by Gasteiger charge is -2.14. The standard InChI is InChI=1S/C25H23ClNO2.ClH/c1-16-5-7-18(8-6-16)25-22-15-24(29-4)23(28-3)14-19(22)13-17(2)27(25)21-11-9-20(26)10-12-21;/h5-15H,1-4H3;1H/q+1;/p-1. The van der Waals surface area contributed by atoms with Crippen LogP contribution in [-0.2, 0) is 0 Å². The molecular formula is C25H23Cl2NO2. The largest absolute Gasteiger partial charge is 1.00 e. The molecule has 0 spiro atoms. The summed E-state index contributed by atoms with van der Waals surface area (Å²) in [5.74, 6) is 1.43. The Hall–Kier alpha value is -2.75. The summed E-state index contributed by atoms with van der Waals surface area (Å²) in [7, 11) is 3.32. The molecule has 3 nitrogen and oxygen atoms in total. The van der Waals surface area contributed by atoms with Crippen LogP contribution < -0.4 is 26.4 Å². The smallest absolute Gasteiger partial charge is 0.226 e. The number of hydrogen-bond acceptors (Lipinski definition) is 2. The third kappa shape index (κ3) is 3.96. The fourth-order valence-corrected chi connectivity index (χ4v) is 3.85. The maximum atomic E-state index is 6.14. The van der Waals surface area contributed by atoms with Crippen molar-refractivity contribution in [3.05, 3.63) is 83.0 Å². The predicted octanol–water partition coefficient (Wildman–Crippen LogP) is 3.07. The van der Waals surface area contributed by atoms with Gasteiger partial charge in [-0.2, -0.15) is 4.57 Å². The molecule has 1 aromatic heterocycles. The Bertz CT molecular complexity index is 1190. The zero-order chi connectivity index (χ0) is 20.5. The predicted molar refractivity (Wildman–Crippen MR) is 119 cm³/mol. The van der Waals surface area contributed by atoms with E-state index in [2.05, 4.69) is 54.8 Å². The quantitative estimate of drug-likeness (QED) is 0.456. The van der Waals surface area contributed by atoms with Gasteiger partial charge >= 0.3 is 0 Å². The Labute approximate surface area is 188 Å². The fraction of sp³-hybridized carbons (Fsp3) is 0.160. The van der Waals surface area contributed by atoms with Crippen LogP contribution in [-0.4, -0.2) is 14.2 Å². The highest BCUT2D eigenvalue weighted by Crippen LogP contribution is 2.36. The van der Waals surface area contributed by atoms with Gasteiger partial charge in [0.1, 0.15) is 0 Å². The number of ether oxygens (including phenoxy) is 2. The van der Waals surface area contributed by atoms with Crippen LogP contribution in [0.15, 0.2) is 66.7 Å². The molecule has 0 aliphatic heterocycles. The maximum Gasteiger partial charge on any atom is 0.226 e. The van der Waals surface area contributed by atoms with Gasteiger partial charge < -0.3 is 21.9 Å². The summed E-state index contributed by atoms with van der Waals surface area (Å²) < 4.78 is 13.4. The first-order valence-electron chi connectivity index (χ1n) is 9.46. The molecule has 4 aromatic rings. The van der Waals surface area contributed by atoms with E-state index in [0.29, 0.717) is 5.75 Å². The molecule has 1 heterocycles. The second-order valence-electron chi connectivity index (χ2n) is 7.11. The topological polar surface area (TPSA) is 22.3 Å². The molecule has 4 rings (SSSR count). The van der Waals surface area contributed by atoms with Crippen LogP contribution in [0.3, 0.4) is 0 Å². The molecule has 0 fully saturated rings. The Morgan fingerprint density at radius 3 is 1.97 bits per heavy atom. The third-order valence-corrected chi connectivity index (χ3v) is 5.41. The van der Waals surface area contributed by atoms with Crippen molar-refractivity contribution in [2.45, 2.75) is 13.8 Å². The molecule has 0 amide bonds.